The quantitative estimate of drug-likeness (QED) is 0.729. The van der Waals surface area contributed by atoms with Crippen LogP contribution in [0.2, 0.25) is 10.0 Å². The van der Waals surface area contributed by atoms with E-state index in [9.17, 15) is 4.79 Å². The van der Waals surface area contributed by atoms with Gasteiger partial charge >= 0.3 is 0 Å². The van der Waals surface area contributed by atoms with Crippen LogP contribution in [0.4, 0.5) is 0 Å². The second-order valence-electron chi connectivity index (χ2n) is 5.92. The summed E-state index contributed by atoms with van der Waals surface area (Å²) in [6.07, 6.45) is 5.41. The fourth-order valence-corrected chi connectivity index (χ4v) is 3.20. The van der Waals surface area contributed by atoms with Gasteiger partial charge in [0.25, 0.3) is 5.91 Å². The molecule has 1 aromatic heterocycles. The van der Waals surface area contributed by atoms with Gasteiger partial charge in [-0.1, -0.05) is 35.2 Å². The number of hydrogen-bond donors (Lipinski definition) is 0. The molecule has 0 N–H and O–H groups in total. The van der Waals surface area contributed by atoms with E-state index in [1.165, 1.54) is 0 Å². The second-order valence-corrected chi connectivity index (χ2v) is 6.73. The zero-order valence-electron chi connectivity index (χ0n) is 13.3. The number of likely N-dealkylation sites (tertiary alicyclic amines) is 1. The maximum atomic E-state index is 12.4. The summed E-state index contributed by atoms with van der Waals surface area (Å²) in [7, 11) is 1.82. The average molecular weight is 362 g/mol. The molecule has 3 rings (SSSR count). The molecule has 0 radical (unpaired) electrons. The van der Waals surface area contributed by atoms with E-state index in [2.05, 4.69) is 16.9 Å². The van der Waals surface area contributed by atoms with Crippen LogP contribution in [0.25, 0.3) is 0 Å². The monoisotopic (exact) mass is 361 g/mol. The van der Waals surface area contributed by atoms with Crippen molar-refractivity contribution in [1.82, 2.24) is 14.7 Å². The Balaban J connectivity index is 1.69. The Morgan fingerprint density at radius 2 is 2.17 bits per heavy atom. The number of hydrogen-bond acceptors (Lipinski definition) is 2. The molecule has 0 bridgehead atoms. The molecule has 1 aliphatic rings. The third-order valence-corrected chi connectivity index (χ3v) is 4.88. The van der Waals surface area contributed by atoms with Crippen molar-refractivity contribution in [2.45, 2.75) is 18.8 Å². The molecule has 6 heteroatoms. The lowest BCUT2D eigenvalue weighted by atomic mass is 9.90. The third kappa shape index (κ3) is 3.92. The minimum absolute atomic E-state index is 0.149. The van der Waals surface area contributed by atoms with Crippen molar-refractivity contribution in [2.24, 2.45) is 7.05 Å². The zero-order valence-corrected chi connectivity index (χ0v) is 14.8. The summed E-state index contributed by atoms with van der Waals surface area (Å²) in [5, 5.41) is 5.14. The number of halogens is 2. The highest BCUT2D eigenvalue weighted by Gasteiger charge is 2.24. The standard InChI is InChI=1S/C18H17Cl2N3O/c1-22-11-13(10-21-22)4-7-18(24)23-8-2-3-15(12-23)14-5-6-16(19)17(20)9-14/h5-6,9-11,15H,2-3,8,12H2,1H3. The molecule has 2 heterocycles. The summed E-state index contributed by atoms with van der Waals surface area (Å²) in [6.45, 7) is 1.39. The Morgan fingerprint density at radius 3 is 2.88 bits per heavy atom. The van der Waals surface area contributed by atoms with Crippen LogP contribution in [0.3, 0.4) is 0 Å². The van der Waals surface area contributed by atoms with Crippen molar-refractivity contribution >= 4 is 29.1 Å². The van der Waals surface area contributed by atoms with Crippen LogP contribution in [0.1, 0.15) is 29.9 Å². The number of amides is 1. The molecule has 1 atom stereocenters. The number of rotatable bonds is 1. The van der Waals surface area contributed by atoms with Crippen LogP contribution in [-0.4, -0.2) is 33.7 Å². The molecule has 0 spiro atoms. The highest BCUT2D eigenvalue weighted by atomic mass is 35.5. The van der Waals surface area contributed by atoms with E-state index in [1.807, 2.05) is 25.2 Å². The molecule has 1 aliphatic heterocycles. The normalized spacial score (nSPS) is 17.3. The topological polar surface area (TPSA) is 38.1 Å². The number of carbonyl (C=O) groups excluding carboxylic acids is 1. The summed E-state index contributed by atoms with van der Waals surface area (Å²) in [6, 6.07) is 5.68. The van der Waals surface area contributed by atoms with E-state index < -0.39 is 0 Å². The fourth-order valence-electron chi connectivity index (χ4n) is 2.89. The van der Waals surface area contributed by atoms with Gasteiger partial charge in [-0.3, -0.25) is 9.48 Å². The van der Waals surface area contributed by atoms with Crippen LogP contribution < -0.4 is 0 Å². The summed E-state index contributed by atoms with van der Waals surface area (Å²) in [4.78, 5) is 14.2. The van der Waals surface area contributed by atoms with Gasteiger partial charge in [0, 0.05) is 38.2 Å². The van der Waals surface area contributed by atoms with Crippen molar-refractivity contribution in [2.75, 3.05) is 13.1 Å². The molecule has 1 fully saturated rings. The molecule has 1 unspecified atom stereocenters. The van der Waals surface area contributed by atoms with Gasteiger partial charge in [-0.2, -0.15) is 5.10 Å². The number of aryl methyl sites for hydroxylation is 1. The summed E-state index contributed by atoms with van der Waals surface area (Å²) in [5.74, 6) is 5.69. The van der Waals surface area contributed by atoms with E-state index >= 15 is 0 Å². The summed E-state index contributed by atoms with van der Waals surface area (Å²) < 4.78 is 1.66. The maximum absolute atomic E-state index is 12.4. The van der Waals surface area contributed by atoms with Crippen LogP contribution in [-0.2, 0) is 11.8 Å². The smallest absolute Gasteiger partial charge is 0.298 e. The summed E-state index contributed by atoms with van der Waals surface area (Å²) >= 11 is 12.1. The van der Waals surface area contributed by atoms with Gasteiger partial charge in [0.1, 0.15) is 0 Å². The lowest BCUT2D eigenvalue weighted by Crippen LogP contribution is -2.38. The zero-order chi connectivity index (χ0) is 17.1. The molecule has 0 aliphatic carbocycles. The first-order chi connectivity index (χ1) is 11.5. The minimum Gasteiger partial charge on any atom is -0.331 e. The lowest BCUT2D eigenvalue weighted by Gasteiger charge is -2.31. The molecule has 2 aromatic rings. The van der Waals surface area contributed by atoms with Crippen LogP contribution in [0.15, 0.2) is 30.6 Å². The fraction of sp³-hybridized carbons (Fsp3) is 0.333. The molecular formula is C18H17Cl2N3O. The third-order valence-electron chi connectivity index (χ3n) is 4.14. The first-order valence-electron chi connectivity index (χ1n) is 7.77. The van der Waals surface area contributed by atoms with E-state index in [4.69, 9.17) is 23.2 Å². The molecule has 1 saturated heterocycles. The van der Waals surface area contributed by atoms with Crippen LogP contribution >= 0.6 is 23.2 Å². The van der Waals surface area contributed by atoms with Gasteiger partial charge < -0.3 is 4.90 Å². The highest BCUT2D eigenvalue weighted by molar-refractivity contribution is 6.42. The molecule has 1 aromatic carbocycles. The molecule has 0 saturated carbocycles. The largest absolute Gasteiger partial charge is 0.331 e. The van der Waals surface area contributed by atoms with Gasteiger partial charge in [0.2, 0.25) is 0 Å². The second kappa shape index (κ2) is 7.29. The Morgan fingerprint density at radius 1 is 1.33 bits per heavy atom. The average Bonchev–Trinajstić information content (AvgIpc) is 3.00. The van der Waals surface area contributed by atoms with Crippen molar-refractivity contribution in [1.29, 1.82) is 0 Å². The van der Waals surface area contributed by atoms with Crippen LogP contribution in [0.5, 0.6) is 0 Å². The Hall–Kier alpha value is -1.96. The molecule has 4 nitrogen and oxygen atoms in total. The van der Waals surface area contributed by atoms with Gasteiger partial charge in [-0.05, 0) is 30.5 Å². The Bertz CT molecular complexity index is 819. The number of piperidine rings is 1. The van der Waals surface area contributed by atoms with E-state index in [0.717, 1.165) is 30.5 Å². The number of benzene rings is 1. The maximum Gasteiger partial charge on any atom is 0.298 e. The van der Waals surface area contributed by atoms with Crippen molar-refractivity contribution in [3.05, 3.63) is 51.8 Å². The highest BCUT2D eigenvalue weighted by Crippen LogP contribution is 2.31. The Labute approximate surface area is 151 Å². The van der Waals surface area contributed by atoms with Gasteiger partial charge in [0.05, 0.1) is 21.8 Å². The van der Waals surface area contributed by atoms with E-state index in [0.29, 0.717) is 16.6 Å². The number of carbonyl (C=O) groups is 1. The number of aromatic nitrogens is 2. The van der Waals surface area contributed by atoms with Gasteiger partial charge in [0.15, 0.2) is 0 Å². The SMILES string of the molecule is Cn1cc(C#CC(=O)N2CCCC(c3ccc(Cl)c(Cl)c3)C2)cn1. The predicted octanol–water partition coefficient (Wildman–Crippen LogP) is 3.48. The lowest BCUT2D eigenvalue weighted by molar-refractivity contribution is -0.126. The van der Waals surface area contributed by atoms with E-state index in [-0.39, 0.29) is 11.8 Å². The molecule has 124 valence electrons. The van der Waals surface area contributed by atoms with Crippen molar-refractivity contribution in [3.63, 3.8) is 0 Å². The molecular weight excluding hydrogens is 345 g/mol. The first-order valence-corrected chi connectivity index (χ1v) is 8.53. The minimum atomic E-state index is -0.149. The van der Waals surface area contributed by atoms with Crippen LogP contribution in [0, 0.1) is 11.8 Å². The van der Waals surface area contributed by atoms with Gasteiger partial charge in [-0.25, -0.2) is 0 Å². The first kappa shape index (κ1) is 16.9. The Kier molecular flexibility index (Phi) is 5.13. The molecule has 1 amide bonds. The van der Waals surface area contributed by atoms with Gasteiger partial charge in [-0.15, -0.1) is 0 Å². The van der Waals surface area contributed by atoms with Crippen molar-refractivity contribution < 1.29 is 4.79 Å². The summed E-state index contributed by atoms with van der Waals surface area (Å²) in [5.41, 5.74) is 1.85. The van der Waals surface area contributed by atoms with E-state index in [1.54, 1.807) is 22.0 Å². The van der Waals surface area contributed by atoms with Crippen molar-refractivity contribution in [3.8, 4) is 11.8 Å². The predicted molar refractivity (Wildman–Crippen MR) is 95.1 cm³/mol. The number of nitrogens with zero attached hydrogens (tertiary/aromatic N) is 3. The molecule has 24 heavy (non-hydrogen) atoms.